The van der Waals surface area contributed by atoms with Crippen LogP contribution in [0, 0.1) is 12.7 Å². The Morgan fingerprint density at radius 1 is 1.35 bits per heavy atom. The van der Waals surface area contributed by atoms with Gasteiger partial charge in [-0.1, -0.05) is 6.07 Å². The molecule has 0 aliphatic carbocycles. The summed E-state index contributed by atoms with van der Waals surface area (Å²) in [6.45, 7) is 2.37. The summed E-state index contributed by atoms with van der Waals surface area (Å²) in [4.78, 5) is 24.6. The molecule has 1 aromatic heterocycles. The molecule has 0 spiro atoms. The van der Waals surface area contributed by atoms with Gasteiger partial charge in [0.05, 0.1) is 4.88 Å². The van der Waals surface area contributed by atoms with Crippen LogP contribution in [0.2, 0.25) is 0 Å². The maximum atomic E-state index is 13.3. The van der Waals surface area contributed by atoms with Crippen LogP contribution < -0.4 is 5.32 Å². The van der Waals surface area contributed by atoms with E-state index in [0.29, 0.717) is 22.8 Å². The van der Waals surface area contributed by atoms with Crippen molar-refractivity contribution in [3.8, 4) is 0 Å². The Morgan fingerprint density at radius 3 is 2.70 bits per heavy atom. The second-order valence-electron chi connectivity index (χ2n) is 5.65. The molecule has 23 heavy (non-hydrogen) atoms. The lowest BCUT2D eigenvalue weighted by Gasteiger charge is -2.33. The van der Waals surface area contributed by atoms with Crippen LogP contribution in [0.1, 0.15) is 28.1 Å². The Kier molecular flexibility index (Phi) is 4.08. The van der Waals surface area contributed by atoms with Crippen molar-refractivity contribution in [2.24, 2.45) is 0 Å². The minimum absolute atomic E-state index is 0.229. The van der Waals surface area contributed by atoms with Crippen molar-refractivity contribution in [3.63, 3.8) is 0 Å². The van der Waals surface area contributed by atoms with E-state index in [4.69, 9.17) is 4.74 Å². The highest BCUT2D eigenvalue weighted by Crippen LogP contribution is 2.32. The number of ether oxygens (including phenoxy) is 1. The lowest BCUT2D eigenvalue weighted by atomic mass is 9.90. The fourth-order valence-corrected chi connectivity index (χ4v) is 3.93. The topological polar surface area (TPSA) is 75.6 Å². The molecule has 122 valence electrons. The SMILES string of the molecule is Cc1c(C(=O)NC2(C(=O)O)CCOCC2)sc2cc(F)ccc12. The van der Waals surface area contributed by atoms with Gasteiger partial charge in [-0.15, -0.1) is 11.3 Å². The molecule has 0 bridgehead atoms. The molecular formula is C16H16FNO4S. The number of nitrogens with one attached hydrogen (secondary N) is 1. The number of thiophene rings is 1. The first-order valence-corrected chi connectivity index (χ1v) is 8.07. The molecule has 1 aliphatic heterocycles. The van der Waals surface area contributed by atoms with Crippen LogP contribution >= 0.6 is 11.3 Å². The van der Waals surface area contributed by atoms with Crippen LogP contribution in [0.25, 0.3) is 10.1 Å². The fraction of sp³-hybridized carbons (Fsp3) is 0.375. The first kappa shape index (κ1) is 15.9. The number of carbonyl (C=O) groups is 2. The van der Waals surface area contributed by atoms with Crippen LogP contribution in [0.3, 0.4) is 0 Å². The van der Waals surface area contributed by atoms with Crippen molar-refractivity contribution in [3.05, 3.63) is 34.5 Å². The van der Waals surface area contributed by atoms with Crippen molar-refractivity contribution in [2.45, 2.75) is 25.3 Å². The number of fused-ring (bicyclic) bond motifs is 1. The van der Waals surface area contributed by atoms with Gasteiger partial charge in [0.15, 0.2) is 0 Å². The standard InChI is InChI=1S/C16H16FNO4S/c1-9-11-3-2-10(17)8-12(11)23-13(9)14(19)18-16(15(20)21)4-6-22-7-5-16/h2-3,8H,4-7H2,1H3,(H,18,19)(H,20,21). The van der Waals surface area contributed by atoms with Crippen molar-refractivity contribution < 1.29 is 23.8 Å². The van der Waals surface area contributed by atoms with Crippen molar-refractivity contribution in [1.29, 1.82) is 0 Å². The van der Waals surface area contributed by atoms with Gasteiger partial charge in [0.1, 0.15) is 11.4 Å². The average molecular weight is 337 g/mol. The minimum atomic E-state index is -1.30. The van der Waals surface area contributed by atoms with Crippen molar-refractivity contribution in [1.82, 2.24) is 5.32 Å². The first-order chi connectivity index (χ1) is 10.9. The molecule has 0 saturated carbocycles. The second-order valence-corrected chi connectivity index (χ2v) is 6.70. The van der Waals surface area contributed by atoms with Gasteiger partial charge in [0.2, 0.25) is 0 Å². The van der Waals surface area contributed by atoms with E-state index in [1.807, 2.05) is 0 Å². The zero-order valence-corrected chi connectivity index (χ0v) is 13.3. The van der Waals surface area contributed by atoms with Crippen molar-refractivity contribution >= 4 is 33.3 Å². The largest absolute Gasteiger partial charge is 0.480 e. The average Bonchev–Trinajstić information content (AvgIpc) is 2.84. The number of carboxylic acids is 1. The first-order valence-electron chi connectivity index (χ1n) is 7.25. The van der Waals surface area contributed by atoms with Gasteiger partial charge in [0.25, 0.3) is 5.91 Å². The molecule has 7 heteroatoms. The molecule has 1 aromatic carbocycles. The Morgan fingerprint density at radius 2 is 2.04 bits per heavy atom. The molecule has 1 fully saturated rings. The smallest absolute Gasteiger partial charge is 0.329 e. The third-order valence-electron chi connectivity index (χ3n) is 4.22. The summed E-state index contributed by atoms with van der Waals surface area (Å²) in [5.74, 6) is -1.86. The second kappa shape index (κ2) is 5.90. The van der Waals surface area contributed by atoms with Gasteiger partial charge in [-0.3, -0.25) is 4.79 Å². The van der Waals surface area contributed by atoms with Gasteiger partial charge in [-0.2, -0.15) is 0 Å². The zero-order chi connectivity index (χ0) is 16.6. The molecular weight excluding hydrogens is 321 g/mol. The van der Waals surface area contributed by atoms with Gasteiger partial charge < -0.3 is 15.2 Å². The molecule has 1 saturated heterocycles. The molecule has 1 aliphatic rings. The number of benzene rings is 1. The molecule has 5 nitrogen and oxygen atoms in total. The number of aliphatic carboxylic acids is 1. The number of hydrogen-bond acceptors (Lipinski definition) is 4. The van der Waals surface area contributed by atoms with Crippen LogP contribution in [0.15, 0.2) is 18.2 Å². The molecule has 0 radical (unpaired) electrons. The molecule has 1 amide bonds. The van der Waals surface area contributed by atoms with Gasteiger partial charge >= 0.3 is 5.97 Å². The molecule has 2 aromatic rings. The van der Waals surface area contributed by atoms with E-state index >= 15 is 0 Å². The summed E-state index contributed by atoms with van der Waals surface area (Å²) in [7, 11) is 0. The molecule has 0 unspecified atom stereocenters. The Bertz CT molecular complexity index is 780. The normalized spacial score (nSPS) is 17.1. The minimum Gasteiger partial charge on any atom is -0.480 e. The lowest BCUT2D eigenvalue weighted by molar-refractivity contribution is -0.148. The fourth-order valence-electron chi connectivity index (χ4n) is 2.80. The number of amides is 1. The zero-order valence-electron chi connectivity index (χ0n) is 12.5. The number of hydrogen-bond donors (Lipinski definition) is 2. The van der Waals surface area contributed by atoms with E-state index < -0.39 is 17.4 Å². The number of rotatable bonds is 3. The molecule has 3 rings (SSSR count). The summed E-state index contributed by atoms with van der Waals surface area (Å²) in [5, 5.41) is 13.0. The van der Waals surface area contributed by atoms with E-state index in [0.717, 1.165) is 10.9 Å². The third-order valence-corrected chi connectivity index (χ3v) is 5.47. The summed E-state index contributed by atoms with van der Waals surface area (Å²) in [6.07, 6.45) is 0.458. The predicted molar refractivity (Wildman–Crippen MR) is 84.4 cm³/mol. The summed E-state index contributed by atoms with van der Waals surface area (Å²) < 4.78 is 19.2. The van der Waals surface area contributed by atoms with Gasteiger partial charge in [-0.05, 0) is 30.0 Å². The maximum absolute atomic E-state index is 13.3. The molecule has 2 heterocycles. The quantitative estimate of drug-likeness (QED) is 0.903. The highest BCUT2D eigenvalue weighted by molar-refractivity contribution is 7.21. The number of halogens is 1. The van der Waals surface area contributed by atoms with E-state index in [-0.39, 0.29) is 18.7 Å². The summed E-state index contributed by atoms with van der Waals surface area (Å²) >= 11 is 1.17. The number of carboxylic acid groups (broad SMARTS) is 1. The monoisotopic (exact) mass is 337 g/mol. The Hall–Kier alpha value is -1.99. The van der Waals surface area contributed by atoms with E-state index in [9.17, 15) is 19.1 Å². The highest BCUT2D eigenvalue weighted by Gasteiger charge is 2.42. The van der Waals surface area contributed by atoms with Crippen molar-refractivity contribution in [2.75, 3.05) is 13.2 Å². The number of carbonyl (C=O) groups excluding carboxylic acids is 1. The van der Waals surface area contributed by atoms with E-state index in [1.54, 1.807) is 13.0 Å². The highest BCUT2D eigenvalue weighted by atomic mass is 32.1. The third kappa shape index (κ3) is 2.82. The van der Waals surface area contributed by atoms with E-state index in [1.165, 1.54) is 23.5 Å². The molecule has 0 atom stereocenters. The predicted octanol–water partition coefficient (Wildman–Crippen LogP) is 2.71. The van der Waals surface area contributed by atoms with E-state index in [2.05, 4.69) is 5.32 Å². The van der Waals surface area contributed by atoms with Gasteiger partial charge in [-0.25, -0.2) is 9.18 Å². The van der Waals surface area contributed by atoms with Crippen LogP contribution in [0.5, 0.6) is 0 Å². The van der Waals surface area contributed by atoms with Crippen LogP contribution in [-0.2, 0) is 9.53 Å². The van der Waals surface area contributed by atoms with Crippen LogP contribution in [-0.4, -0.2) is 35.7 Å². The summed E-state index contributed by atoms with van der Waals surface area (Å²) in [6, 6.07) is 4.36. The number of aryl methyl sites for hydroxylation is 1. The Balaban J connectivity index is 1.93. The lowest BCUT2D eigenvalue weighted by Crippen LogP contribution is -2.57. The molecule has 2 N–H and O–H groups in total. The van der Waals surface area contributed by atoms with Gasteiger partial charge in [0, 0.05) is 30.8 Å². The summed E-state index contributed by atoms with van der Waals surface area (Å²) in [5.41, 5.74) is -0.571. The van der Waals surface area contributed by atoms with Crippen LogP contribution in [0.4, 0.5) is 4.39 Å². The Labute approximate surface area is 136 Å². The maximum Gasteiger partial charge on any atom is 0.329 e.